The van der Waals surface area contributed by atoms with Gasteiger partial charge >= 0.3 is 0 Å². The van der Waals surface area contributed by atoms with E-state index in [-0.39, 0.29) is 22.8 Å². The lowest BCUT2D eigenvalue weighted by Gasteiger charge is -2.11. The summed E-state index contributed by atoms with van der Waals surface area (Å²) in [7, 11) is 1.35. The maximum Gasteiger partial charge on any atom is 0.264 e. The van der Waals surface area contributed by atoms with Crippen LogP contribution in [0.5, 0.6) is 5.75 Å². The van der Waals surface area contributed by atoms with Crippen LogP contribution >= 0.6 is 10.7 Å². The fourth-order valence-electron chi connectivity index (χ4n) is 1.72. The lowest BCUT2D eigenvalue weighted by atomic mass is 10.2. The number of ether oxygens (including phenoxy) is 1. The fourth-order valence-corrected chi connectivity index (χ4v) is 2.77. The molecule has 0 aromatic heterocycles. The summed E-state index contributed by atoms with van der Waals surface area (Å²) in [5.74, 6) is -1.45. The largest absolute Gasteiger partial charge is 0.487 e. The Morgan fingerprint density at radius 3 is 2.48 bits per heavy atom. The molecular weight excluding hydrogens is 322 g/mol. The summed E-state index contributed by atoms with van der Waals surface area (Å²) < 4.78 is 54.6. The van der Waals surface area contributed by atoms with Crippen molar-refractivity contribution in [3.8, 4) is 5.75 Å². The molecule has 0 aliphatic heterocycles. The van der Waals surface area contributed by atoms with Crippen molar-refractivity contribution in [2.75, 3.05) is 0 Å². The fraction of sp³-hybridized carbons (Fsp3) is 0.143. The molecule has 2 aromatic rings. The average molecular weight is 333 g/mol. The summed E-state index contributed by atoms with van der Waals surface area (Å²) >= 11 is 0. The van der Waals surface area contributed by atoms with Crippen LogP contribution in [0.1, 0.15) is 11.1 Å². The maximum absolute atomic E-state index is 13.5. The average Bonchev–Trinajstić information content (AvgIpc) is 2.38. The highest BCUT2D eigenvalue weighted by Gasteiger charge is 2.17. The van der Waals surface area contributed by atoms with Gasteiger partial charge in [-0.3, -0.25) is 0 Å². The van der Waals surface area contributed by atoms with E-state index >= 15 is 0 Å². The highest BCUT2D eigenvalue weighted by Crippen LogP contribution is 2.28. The van der Waals surface area contributed by atoms with Crippen LogP contribution in [0.25, 0.3) is 0 Å². The minimum absolute atomic E-state index is 0.0133. The first kappa shape index (κ1) is 15.7. The first-order valence-corrected chi connectivity index (χ1v) is 8.20. The summed E-state index contributed by atoms with van der Waals surface area (Å²) in [6.45, 7) is 1.46. The molecule has 0 amide bonds. The lowest BCUT2D eigenvalue weighted by molar-refractivity contribution is 0.291. The van der Waals surface area contributed by atoms with E-state index in [1.807, 2.05) is 0 Å². The predicted octanol–water partition coefficient (Wildman–Crippen LogP) is 3.78. The van der Waals surface area contributed by atoms with Gasteiger partial charge in [-0.2, -0.15) is 0 Å². The van der Waals surface area contributed by atoms with Crippen LogP contribution in [0.2, 0.25) is 0 Å². The van der Waals surface area contributed by atoms with Gasteiger partial charge in [0.25, 0.3) is 9.05 Å². The van der Waals surface area contributed by atoms with Crippen molar-refractivity contribution in [1.29, 1.82) is 0 Å². The second-order valence-corrected chi connectivity index (χ2v) is 6.95. The van der Waals surface area contributed by atoms with E-state index in [1.54, 1.807) is 13.0 Å². The number of hydrogen-bond acceptors (Lipinski definition) is 3. The van der Waals surface area contributed by atoms with Crippen molar-refractivity contribution in [2.24, 2.45) is 0 Å². The third-order valence-corrected chi connectivity index (χ3v) is 4.10. The number of rotatable bonds is 4. The molecule has 21 heavy (non-hydrogen) atoms. The van der Waals surface area contributed by atoms with Gasteiger partial charge in [-0.15, -0.1) is 0 Å². The molecule has 0 saturated carbocycles. The molecule has 112 valence electrons. The van der Waals surface area contributed by atoms with Gasteiger partial charge in [-0.1, -0.05) is 6.07 Å². The van der Waals surface area contributed by atoms with Gasteiger partial charge in [0.1, 0.15) is 28.9 Å². The van der Waals surface area contributed by atoms with Gasteiger partial charge in [0.05, 0.1) is 0 Å². The molecule has 7 heteroatoms. The Morgan fingerprint density at radius 2 is 1.86 bits per heavy atom. The van der Waals surface area contributed by atoms with Crippen LogP contribution in [-0.4, -0.2) is 8.42 Å². The van der Waals surface area contributed by atoms with E-state index in [0.717, 1.165) is 12.1 Å². The predicted molar refractivity (Wildman–Crippen MR) is 74.9 cm³/mol. The zero-order valence-corrected chi connectivity index (χ0v) is 12.5. The summed E-state index contributed by atoms with van der Waals surface area (Å²) in [6, 6.07) is 7.49. The van der Waals surface area contributed by atoms with E-state index in [0.29, 0.717) is 5.56 Å². The van der Waals surface area contributed by atoms with Crippen LogP contribution in [0.15, 0.2) is 41.3 Å². The molecule has 0 N–H and O–H groups in total. The Balaban J connectivity index is 2.28. The van der Waals surface area contributed by atoms with Crippen molar-refractivity contribution in [1.82, 2.24) is 0 Å². The van der Waals surface area contributed by atoms with Crippen molar-refractivity contribution in [3.05, 3.63) is 59.2 Å². The van der Waals surface area contributed by atoms with Gasteiger partial charge in [0.15, 0.2) is 0 Å². The Bertz CT molecular complexity index is 776. The van der Waals surface area contributed by atoms with Crippen LogP contribution < -0.4 is 4.74 Å². The number of hydrogen-bond donors (Lipinski definition) is 0. The number of benzene rings is 2. The Kier molecular flexibility index (Phi) is 4.49. The molecule has 2 rings (SSSR count). The lowest BCUT2D eigenvalue weighted by Crippen LogP contribution is -2.03. The van der Waals surface area contributed by atoms with Gasteiger partial charge in [0, 0.05) is 22.3 Å². The summed E-state index contributed by atoms with van der Waals surface area (Å²) in [5.41, 5.74) is 0.796. The molecule has 0 unspecified atom stereocenters. The quantitative estimate of drug-likeness (QED) is 0.800. The van der Waals surface area contributed by atoms with Crippen LogP contribution in [-0.2, 0) is 15.7 Å². The SMILES string of the molecule is Cc1ccc(OCc2ccc(F)cc2F)c(S(=O)(=O)Cl)c1. The molecule has 0 saturated heterocycles. The molecule has 0 heterocycles. The van der Waals surface area contributed by atoms with Gasteiger partial charge in [0.2, 0.25) is 0 Å². The molecule has 0 spiro atoms. The third kappa shape index (κ3) is 3.92. The number of aryl methyl sites for hydroxylation is 1. The normalized spacial score (nSPS) is 11.4. The van der Waals surface area contributed by atoms with E-state index in [1.165, 1.54) is 18.2 Å². The minimum atomic E-state index is -3.98. The molecule has 2 aromatic carbocycles. The molecule has 0 bridgehead atoms. The third-order valence-electron chi connectivity index (χ3n) is 2.76. The zero-order valence-electron chi connectivity index (χ0n) is 10.9. The van der Waals surface area contributed by atoms with Crippen molar-refractivity contribution in [3.63, 3.8) is 0 Å². The summed E-state index contributed by atoms with van der Waals surface area (Å²) in [5, 5.41) is 0. The minimum Gasteiger partial charge on any atom is -0.487 e. The van der Waals surface area contributed by atoms with E-state index in [4.69, 9.17) is 15.4 Å². The van der Waals surface area contributed by atoms with Gasteiger partial charge < -0.3 is 4.74 Å². The summed E-state index contributed by atoms with van der Waals surface area (Å²) in [6.07, 6.45) is 0. The molecule has 0 fully saturated rings. The van der Waals surface area contributed by atoms with Crippen LogP contribution in [0.4, 0.5) is 8.78 Å². The Hall–Kier alpha value is -1.66. The van der Waals surface area contributed by atoms with Crippen molar-refractivity contribution >= 4 is 19.7 Å². The highest BCUT2D eigenvalue weighted by atomic mass is 35.7. The van der Waals surface area contributed by atoms with Crippen molar-refractivity contribution in [2.45, 2.75) is 18.4 Å². The Labute approximate surface area is 125 Å². The Morgan fingerprint density at radius 1 is 1.14 bits per heavy atom. The van der Waals surface area contributed by atoms with Crippen molar-refractivity contribution < 1.29 is 21.9 Å². The van der Waals surface area contributed by atoms with Crippen LogP contribution in [0, 0.1) is 18.6 Å². The molecule has 0 atom stereocenters. The monoisotopic (exact) mass is 332 g/mol. The van der Waals surface area contributed by atoms with Gasteiger partial charge in [-0.25, -0.2) is 17.2 Å². The first-order valence-electron chi connectivity index (χ1n) is 5.89. The molecule has 0 aliphatic rings. The second kappa shape index (κ2) is 5.99. The molecule has 0 radical (unpaired) electrons. The maximum atomic E-state index is 13.5. The standard InChI is InChI=1S/C14H11ClF2O3S/c1-9-2-5-13(14(6-9)21(15,18)19)20-8-10-3-4-11(16)7-12(10)17/h2-7H,8H2,1H3. The highest BCUT2D eigenvalue weighted by molar-refractivity contribution is 8.13. The molecule has 0 aliphatic carbocycles. The molecular formula is C14H11ClF2O3S. The zero-order chi connectivity index (χ0) is 15.6. The molecule has 3 nitrogen and oxygen atoms in total. The van der Waals surface area contributed by atoms with Gasteiger partial charge in [-0.05, 0) is 36.8 Å². The number of halogens is 3. The second-order valence-electron chi connectivity index (χ2n) is 4.41. The van der Waals surface area contributed by atoms with E-state index in [2.05, 4.69) is 0 Å². The van der Waals surface area contributed by atoms with Crippen LogP contribution in [0.3, 0.4) is 0 Å². The summed E-state index contributed by atoms with van der Waals surface area (Å²) in [4.78, 5) is -0.188. The topological polar surface area (TPSA) is 43.4 Å². The first-order chi connectivity index (χ1) is 9.77. The smallest absolute Gasteiger partial charge is 0.264 e. The van der Waals surface area contributed by atoms with E-state index < -0.39 is 20.7 Å². The van der Waals surface area contributed by atoms with E-state index in [9.17, 15) is 17.2 Å².